The molecule has 2 rings (SSSR count). The van der Waals surface area contributed by atoms with Crippen LogP contribution in [0.5, 0.6) is 0 Å². The molecule has 1 aliphatic heterocycles. The van der Waals surface area contributed by atoms with Crippen molar-refractivity contribution >= 4 is 5.91 Å². The molecule has 5 heteroatoms. The zero-order chi connectivity index (χ0) is 13.8. The fraction of sp³-hybridized carbons (Fsp3) is 0.714. The van der Waals surface area contributed by atoms with Gasteiger partial charge in [0.25, 0.3) is 0 Å². The quantitative estimate of drug-likeness (QED) is 0.895. The van der Waals surface area contributed by atoms with Gasteiger partial charge >= 0.3 is 0 Å². The highest BCUT2D eigenvalue weighted by atomic mass is 16.5. The number of rotatable bonds is 4. The Labute approximate surface area is 114 Å². The van der Waals surface area contributed by atoms with Crippen molar-refractivity contribution in [3.8, 4) is 0 Å². The van der Waals surface area contributed by atoms with Gasteiger partial charge in [0, 0.05) is 24.6 Å². The Hall–Kier alpha value is -1.36. The smallest absolute Gasteiger partial charge is 0.220 e. The lowest BCUT2D eigenvalue weighted by Gasteiger charge is -2.30. The van der Waals surface area contributed by atoms with Crippen LogP contribution >= 0.6 is 0 Å². The van der Waals surface area contributed by atoms with Gasteiger partial charge in [-0.05, 0) is 46.7 Å². The Morgan fingerprint density at radius 3 is 2.95 bits per heavy atom. The summed E-state index contributed by atoms with van der Waals surface area (Å²) in [5, 5.41) is 7.03. The monoisotopic (exact) mass is 265 g/mol. The number of carbonyl (C=O) groups excluding carboxylic acids is 1. The molecule has 5 nitrogen and oxygen atoms in total. The molecule has 0 bridgehead atoms. The zero-order valence-electron chi connectivity index (χ0n) is 12.0. The molecule has 1 aromatic rings. The topological polar surface area (TPSA) is 58.4 Å². The second kappa shape index (κ2) is 6.19. The molecule has 1 fully saturated rings. The van der Waals surface area contributed by atoms with Crippen LogP contribution in [0.4, 0.5) is 0 Å². The maximum absolute atomic E-state index is 12.0. The van der Waals surface area contributed by atoms with Crippen LogP contribution in [0.15, 0.2) is 4.52 Å². The highest BCUT2D eigenvalue weighted by Crippen LogP contribution is 2.14. The normalized spacial score (nSPS) is 20.5. The molecule has 0 unspecified atom stereocenters. The molecular weight excluding hydrogens is 242 g/mol. The predicted octanol–water partition coefficient (Wildman–Crippen LogP) is 1.43. The number of likely N-dealkylation sites (N-methyl/N-ethyl adjacent to an activating group) is 1. The van der Waals surface area contributed by atoms with Crippen LogP contribution in [0.2, 0.25) is 0 Å². The van der Waals surface area contributed by atoms with Crippen molar-refractivity contribution in [3.05, 3.63) is 17.0 Å². The standard InChI is InChI=1S/C14H23N3O2/c1-10-13(11(2)19-16-10)6-7-14(18)15-12-5-4-8-17(3)9-12/h12H,4-9H2,1-3H3,(H,15,18)/t12-/m0/s1. The average Bonchev–Trinajstić information content (AvgIpc) is 2.67. The van der Waals surface area contributed by atoms with Gasteiger partial charge in [-0.15, -0.1) is 0 Å². The minimum absolute atomic E-state index is 0.125. The second-order valence-corrected chi connectivity index (χ2v) is 5.47. The summed E-state index contributed by atoms with van der Waals surface area (Å²) in [5.41, 5.74) is 1.96. The van der Waals surface area contributed by atoms with E-state index in [4.69, 9.17) is 4.52 Å². The molecular formula is C14H23N3O2. The number of aryl methyl sites for hydroxylation is 2. The van der Waals surface area contributed by atoms with E-state index in [2.05, 4.69) is 22.4 Å². The van der Waals surface area contributed by atoms with Crippen molar-refractivity contribution in [2.45, 2.75) is 45.6 Å². The van der Waals surface area contributed by atoms with Gasteiger partial charge in [-0.3, -0.25) is 4.79 Å². The van der Waals surface area contributed by atoms with Crippen molar-refractivity contribution < 1.29 is 9.32 Å². The van der Waals surface area contributed by atoms with Crippen LogP contribution in [-0.4, -0.2) is 42.1 Å². The molecule has 1 N–H and O–H groups in total. The molecule has 1 atom stereocenters. The van der Waals surface area contributed by atoms with Gasteiger partial charge in [-0.1, -0.05) is 5.16 Å². The number of nitrogens with one attached hydrogen (secondary N) is 1. The molecule has 1 aliphatic rings. The van der Waals surface area contributed by atoms with E-state index in [1.807, 2.05) is 13.8 Å². The van der Waals surface area contributed by atoms with Crippen molar-refractivity contribution in [2.24, 2.45) is 0 Å². The van der Waals surface area contributed by atoms with Gasteiger partial charge in [0.15, 0.2) is 0 Å². The largest absolute Gasteiger partial charge is 0.361 e. The van der Waals surface area contributed by atoms with Crippen LogP contribution < -0.4 is 5.32 Å². The van der Waals surface area contributed by atoms with Crippen LogP contribution in [0.1, 0.15) is 36.3 Å². The minimum Gasteiger partial charge on any atom is -0.361 e. The first-order valence-corrected chi connectivity index (χ1v) is 6.96. The molecule has 2 heterocycles. The van der Waals surface area contributed by atoms with E-state index in [0.29, 0.717) is 18.9 Å². The van der Waals surface area contributed by atoms with Crippen molar-refractivity contribution in [1.29, 1.82) is 0 Å². The summed E-state index contributed by atoms with van der Waals surface area (Å²) in [6.07, 6.45) is 3.45. The number of amides is 1. The summed E-state index contributed by atoms with van der Waals surface area (Å²) in [4.78, 5) is 14.2. The third-order valence-corrected chi connectivity index (χ3v) is 3.77. The molecule has 106 valence electrons. The Bertz CT molecular complexity index is 422. The first-order valence-electron chi connectivity index (χ1n) is 6.96. The van der Waals surface area contributed by atoms with Crippen LogP contribution in [0, 0.1) is 13.8 Å². The molecule has 0 spiro atoms. The van der Waals surface area contributed by atoms with Crippen LogP contribution in [-0.2, 0) is 11.2 Å². The summed E-state index contributed by atoms with van der Waals surface area (Å²) < 4.78 is 5.10. The van der Waals surface area contributed by atoms with E-state index in [1.165, 1.54) is 0 Å². The number of hydrogen-bond donors (Lipinski definition) is 1. The lowest BCUT2D eigenvalue weighted by atomic mass is 10.0. The second-order valence-electron chi connectivity index (χ2n) is 5.47. The number of hydrogen-bond acceptors (Lipinski definition) is 4. The molecule has 0 radical (unpaired) electrons. The third-order valence-electron chi connectivity index (χ3n) is 3.77. The number of likely N-dealkylation sites (tertiary alicyclic amines) is 1. The summed E-state index contributed by atoms with van der Waals surface area (Å²) in [5.74, 6) is 0.947. The molecule has 0 aromatic carbocycles. The van der Waals surface area contributed by atoms with Crippen LogP contribution in [0.25, 0.3) is 0 Å². The lowest BCUT2D eigenvalue weighted by molar-refractivity contribution is -0.122. The van der Waals surface area contributed by atoms with E-state index >= 15 is 0 Å². The van der Waals surface area contributed by atoms with Gasteiger partial charge in [0.1, 0.15) is 5.76 Å². The molecule has 19 heavy (non-hydrogen) atoms. The van der Waals surface area contributed by atoms with Crippen molar-refractivity contribution in [3.63, 3.8) is 0 Å². The summed E-state index contributed by atoms with van der Waals surface area (Å²) >= 11 is 0. The summed E-state index contributed by atoms with van der Waals surface area (Å²) in [7, 11) is 2.10. The SMILES string of the molecule is Cc1noc(C)c1CCC(=O)N[C@H]1CCCN(C)C1. The number of carbonyl (C=O) groups is 1. The maximum atomic E-state index is 12.0. The van der Waals surface area contributed by atoms with E-state index < -0.39 is 0 Å². The van der Waals surface area contributed by atoms with Crippen molar-refractivity contribution in [1.82, 2.24) is 15.4 Å². The van der Waals surface area contributed by atoms with Gasteiger partial charge in [0.05, 0.1) is 5.69 Å². The van der Waals surface area contributed by atoms with E-state index in [0.717, 1.165) is 42.9 Å². The summed E-state index contributed by atoms with van der Waals surface area (Å²) in [6, 6.07) is 0.302. The zero-order valence-corrected chi connectivity index (χ0v) is 12.0. The van der Waals surface area contributed by atoms with E-state index in [1.54, 1.807) is 0 Å². The fourth-order valence-electron chi connectivity index (χ4n) is 2.68. The molecule has 1 saturated heterocycles. The van der Waals surface area contributed by atoms with E-state index in [9.17, 15) is 4.79 Å². The Balaban J connectivity index is 1.78. The minimum atomic E-state index is 0.125. The highest BCUT2D eigenvalue weighted by molar-refractivity contribution is 5.76. The van der Waals surface area contributed by atoms with Crippen molar-refractivity contribution in [2.75, 3.05) is 20.1 Å². The number of nitrogens with zero attached hydrogens (tertiary/aromatic N) is 2. The summed E-state index contributed by atoms with van der Waals surface area (Å²) in [6.45, 7) is 5.89. The van der Waals surface area contributed by atoms with Crippen LogP contribution in [0.3, 0.4) is 0 Å². The predicted molar refractivity (Wildman–Crippen MR) is 73.0 cm³/mol. The molecule has 0 aliphatic carbocycles. The Morgan fingerprint density at radius 2 is 2.32 bits per heavy atom. The van der Waals surface area contributed by atoms with Gasteiger partial charge in [-0.25, -0.2) is 0 Å². The average molecular weight is 265 g/mol. The van der Waals surface area contributed by atoms with Gasteiger partial charge in [0.2, 0.25) is 5.91 Å². The Kier molecular flexibility index (Phi) is 4.58. The number of piperidine rings is 1. The molecule has 1 amide bonds. The molecule has 1 aromatic heterocycles. The van der Waals surface area contributed by atoms with Gasteiger partial charge < -0.3 is 14.7 Å². The van der Waals surface area contributed by atoms with E-state index in [-0.39, 0.29) is 5.91 Å². The highest BCUT2D eigenvalue weighted by Gasteiger charge is 2.19. The third kappa shape index (κ3) is 3.80. The first-order chi connectivity index (χ1) is 9.06. The fourth-order valence-corrected chi connectivity index (χ4v) is 2.68. The maximum Gasteiger partial charge on any atom is 0.220 e. The molecule has 0 saturated carbocycles. The van der Waals surface area contributed by atoms with Gasteiger partial charge in [-0.2, -0.15) is 0 Å². The number of aromatic nitrogens is 1. The first kappa shape index (κ1) is 14.1. The Morgan fingerprint density at radius 1 is 1.53 bits per heavy atom. The lowest BCUT2D eigenvalue weighted by Crippen LogP contribution is -2.46.